The lowest BCUT2D eigenvalue weighted by molar-refractivity contribution is -0.127. The molecule has 3 aromatic rings. The van der Waals surface area contributed by atoms with Crippen LogP contribution in [0.2, 0.25) is 0 Å². The van der Waals surface area contributed by atoms with Crippen molar-refractivity contribution in [3.63, 3.8) is 0 Å². The molecule has 1 aliphatic rings. The maximum atomic E-state index is 12.6. The predicted octanol–water partition coefficient (Wildman–Crippen LogP) is 2.11. The number of benzene rings is 2. The lowest BCUT2D eigenvalue weighted by Crippen LogP contribution is -2.26. The van der Waals surface area contributed by atoms with Crippen molar-refractivity contribution in [1.29, 1.82) is 0 Å². The smallest absolute Gasteiger partial charge is 0.408 e. The van der Waals surface area contributed by atoms with Gasteiger partial charge >= 0.3 is 5.76 Å². The predicted molar refractivity (Wildman–Crippen MR) is 107 cm³/mol. The van der Waals surface area contributed by atoms with Crippen LogP contribution in [0.4, 0.5) is 5.69 Å². The average Bonchev–Trinajstić information content (AvgIpc) is 3.28. The van der Waals surface area contributed by atoms with Crippen LogP contribution in [0, 0.1) is 0 Å². The van der Waals surface area contributed by atoms with Gasteiger partial charge in [-0.1, -0.05) is 0 Å². The maximum absolute atomic E-state index is 12.6. The van der Waals surface area contributed by atoms with Gasteiger partial charge in [0, 0.05) is 29.6 Å². The Labute approximate surface area is 165 Å². The minimum absolute atomic E-state index is 0.00727. The van der Waals surface area contributed by atoms with E-state index >= 15 is 0 Å². The fourth-order valence-corrected chi connectivity index (χ4v) is 3.52. The Kier molecular flexibility index (Phi) is 4.70. The zero-order valence-corrected chi connectivity index (χ0v) is 15.9. The third-order valence-corrected chi connectivity index (χ3v) is 5.13. The van der Waals surface area contributed by atoms with Crippen LogP contribution in [-0.4, -0.2) is 34.9 Å². The Morgan fingerprint density at radius 1 is 1.25 bits per heavy atom. The summed E-state index contributed by atoms with van der Waals surface area (Å²) in [4.78, 5) is 40.4. The second kappa shape index (κ2) is 7.17. The summed E-state index contributed by atoms with van der Waals surface area (Å²) in [7, 11) is 0. The third-order valence-electron chi connectivity index (χ3n) is 4.72. The molecule has 28 heavy (non-hydrogen) atoms. The number of rotatable bonds is 3. The molecule has 1 atom stereocenters. The van der Waals surface area contributed by atoms with Gasteiger partial charge in [0.05, 0.1) is 18.2 Å². The summed E-state index contributed by atoms with van der Waals surface area (Å²) in [5.41, 5.74) is 2.76. The average molecular weight is 398 g/mol. The third kappa shape index (κ3) is 3.54. The van der Waals surface area contributed by atoms with E-state index in [4.69, 9.17) is 4.42 Å². The van der Waals surface area contributed by atoms with Gasteiger partial charge in [-0.05, 0) is 42.0 Å². The molecule has 1 aromatic heterocycles. The van der Waals surface area contributed by atoms with Crippen molar-refractivity contribution in [1.82, 2.24) is 15.2 Å². The van der Waals surface area contributed by atoms with E-state index in [0.29, 0.717) is 35.6 Å². The molecule has 0 spiro atoms. The minimum Gasteiger partial charge on any atom is -0.408 e. The topological polar surface area (TPSA) is 107 Å². The van der Waals surface area contributed by atoms with Crippen molar-refractivity contribution in [2.24, 2.45) is 0 Å². The number of hydrogen-bond donors (Lipinski definition) is 4. The highest BCUT2D eigenvalue weighted by molar-refractivity contribution is 7.80. The van der Waals surface area contributed by atoms with E-state index in [2.05, 4.69) is 28.2 Å². The number of nitrogens with zero attached hydrogens (tertiary/aromatic N) is 1. The Balaban J connectivity index is 1.55. The van der Waals surface area contributed by atoms with Crippen LogP contribution < -0.4 is 16.4 Å². The molecular formula is C19H18N4O4S. The first-order chi connectivity index (χ1) is 13.4. The number of amides is 2. The van der Waals surface area contributed by atoms with Crippen molar-refractivity contribution in [3.8, 4) is 0 Å². The lowest BCUT2D eigenvalue weighted by Gasteiger charge is -2.16. The van der Waals surface area contributed by atoms with Crippen molar-refractivity contribution in [2.75, 3.05) is 18.5 Å². The first-order valence-corrected chi connectivity index (χ1v) is 9.11. The van der Waals surface area contributed by atoms with Gasteiger partial charge in [-0.25, -0.2) is 4.79 Å². The van der Waals surface area contributed by atoms with Crippen LogP contribution in [0.5, 0.6) is 0 Å². The minimum atomic E-state index is -0.565. The number of hydrogen-bond acceptors (Lipinski definition) is 6. The summed E-state index contributed by atoms with van der Waals surface area (Å²) >= 11 is 4.50. The highest BCUT2D eigenvalue weighted by Gasteiger charge is 2.26. The Morgan fingerprint density at radius 2 is 2.07 bits per heavy atom. The number of carbonyl (C=O) groups is 2. The molecule has 9 heteroatoms. The van der Waals surface area contributed by atoms with Gasteiger partial charge < -0.3 is 14.6 Å². The van der Waals surface area contributed by atoms with E-state index in [-0.39, 0.29) is 17.9 Å². The van der Waals surface area contributed by atoms with E-state index in [1.807, 2.05) is 12.1 Å². The summed E-state index contributed by atoms with van der Waals surface area (Å²) in [5.74, 6) is -0.871. The zero-order valence-electron chi connectivity index (χ0n) is 15.0. The molecule has 2 amide bonds. The summed E-state index contributed by atoms with van der Waals surface area (Å²) in [6.45, 7) is 2.56. The summed E-state index contributed by atoms with van der Waals surface area (Å²) in [6, 6.07) is 10.1. The van der Waals surface area contributed by atoms with Crippen LogP contribution in [0.1, 0.15) is 28.9 Å². The zero-order chi connectivity index (χ0) is 19.8. The SMILES string of the molecule is CC(=O)N1CNC(c2cc(NC(=O)c3ccc4oc(=O)[nH]c4c3)ccc2S)C1. The van der Waals surface area contributed by atoms with Crippen LogP contribution in [0.25, 0.3) is 11.1 Å². The highest BCUT2D eigenvalue weighted by Crippen LogP contribution is 2.28. The standard InChI is InChI=1S/C19H18N4O4S/c1-10(24)23-8-15(20-9-23)13-7-12(3-5-17(13)28)21-18(25)11-2-4-16-14(6-11)22-19(26)27-16/h2-7,15,20,28H,8-9H2,1H3,(H,21,25)(H,22,26). The molecule has 0 bridgehead atoms. The second-order valence-corrected chi connectivity index (χ2v) is 7.09. The van der Waals surface area contributed by atoms with E-state index in [0.717, 1.165) is 10.5 Å². The normalized spacial score (nSPS) is 16.5. The number of aromatic nitrogens is 1. The highest BCUT2D eigenvalue weighted by atomic mass is 32.1. The van der Waals surface area contributed by atoms with Gasteiger partial charge in [-0.15, -0.1) is 12.6 Å². The van der Waals surface area contributed by atoms with Crippen molar-refractivity contribution in [3.05, 3.63) is 58.1 Å². The van der Waals surface area contributed by atoms with E-state index in [1.165, 1.54) is 6.92 Å². The molecule has 0 radical (unpaired) electrons. The quantitative estimate of drug-likeness (QED) is 0.506. The summed E-state index contributed by atoms with van der Waals surface area (Å²) < 4.78 is 4.95. The van der Waals surface area contributed by atoms with Gasteiger partial charge in [0.15, 0.2) is 5.58 Å². The van der Waals surface area contributed by atoms with Crippen molar-refractivity contribution >= 4 is 41.2 Å². The summed E-state index contributed by atoms with van der Waals surface area (Å²) in [6.07, 6.45) is 0. The molecule has 4 rings (SSSR count). The first-order valence-electron chi connectivity index (χ1n) is 8.67. The van der Waals surface area contributed by atoms with Crippen LogP contribution in [0.15, 0.2) is 50.5 Å². The number of aromatic amines is 1. The maximum Gasteiger partial charge on any atom is 0.417 e. The van der Waals surface area contributed by atoms with Gasteiger partial charge in [0.25, 0.3) is 5.91 Å². The largest absolute Gasteiger partial charge is 0.417 e. The molecule has 2 heterocycles. The van der Waals surface area contributed by atoms with Gasteiger partial charge in [0.1, 0.15) is 0 Å². The van der Waals surface area contributed by atoms with Crippen molar-refractivity contribution < 1.29 is 14.0 Å². The fourth-order valence-electron chi connectivity index (χ4n) is 3.23. The van der Waals surface area contributed by atoms with Crippen LogP contribution in [0.3, 0.4) is 0 Å². The van der Waals surface area contributed by atoms with Gasteiger partial charge in [-0.2, -0.15) is 0 Å². The number of fused-ring (bicyclic) bond motifs is 1. The monoisotopic (exact) mass is 398 g/mol. The second-order valence-electron chi connectivity index (χ2n) is 6.61. The molecule has 3 N–H and O–H groups in total. The fraction of sp³-hybridized carbons (Fsp3) is 0.211. The molecule has 8 nitrogen and oxygen atoms in total. The Hall–Kier alpha value is -3.04. The van der Waals surface area contributed by atoms with Gasteiger partial charge in [-0.3, -0.25) is 19.9 Å². The van der Waals surface area contributed by atoms with E-state index < -0.39 is 5.76 Å². The van der Waals surface area contributed by atoms with Crippen molar-refractivity contribution in [2.45, 2.75) is 17.9 Å². The first kappa shape index (κ1) is 18.3. The number of anilines is 1. The molecule has 1 fully saturated rings. The number of carbonyl (C=O) groups excluding carboxylic acids is 2. The van der Waals surface area contributed by atoms with E-state index in [1.54, 1.807) is 29.2 Å². The Morgan fingerprint density at radius 3 is 2.82 bits per heavy atom. The van der Waals surface area contributed by atoms with Crippen LogP contribution in [-0.2, 0) is 4.79 Å². The number of thiol groups is 1. The molecule has 1 unspecified atom stereocenters. The molecule has 144 valence electrons. The molecule has 1 aliphatic heterocycles. The molecule has 2 aromatic carbocycles. The molecular weight excluding hydrogens is 380 g/mol. The van der Waals surface area contributed by atoms with E-state index in [9.17, 15) is 14.4 Å². The number of nitrogens with one attached hydrogen (secondary N) is 3. The lowest BCUT2D eigenvalue weighted by atomic mass is 10.1. The molecule has 0 saturated carbocycles. The number of H-pyrrole nitrogens is 1. The summed E-state index contributed by atoms with van der Waals surface area (Å²) in [5, 5.41) is 6.13. The molecule has 0 aliphatic carbocycles. The number of oxazole rings is 1. The van der Waals surface area contributed by atoms with Gasteiger partial charge in [0.2, 0.25) is 5.91 Å². The molecule has 1 saturated heterocycles. The van der Waals surface area contributed by atoms with Crippen LogP contribution >= 0.6 is 12.6 Å². The Bertz CT molecular complexity index is 1140.